The van der Waals surface area contributed by atoms with Crippen LogP contribution in [0.2, 0.25) is 0 Å². The van der Waals surface area contributed by atoms with Crippen LogP contribution in [0.1, 0.15) is 30.9 Å². The van der Waals surface area contributed by atoms with Gasteiger partial charge in [0.2, 0.25) is 0 Å². The van der Waals surface area contributed by atoms with Crippen LogP contribution in [0.25, 0.3) is 5.57 Å². The second-order valence-corrected chi connectivity index (χ2v) is 4.99. The van der Waals surface area contributed by atoms with E-state index in [2.05, 4.69) is 4.74 Å². The summed E-state index contributed by atoms with van der Waals surface area (Å²) in [5.41, 5.74) is 2.41. The zero-order chi connectivity index (χ0) is 16.9. The van der Waals surface area contributed by atoms with E-state index in [1.54, 1.807) is 24.3 Å². The van der Waals surface area contributed by atoms with Gasteiger partial charge in [-0.25, -0.2) is 4.39 Å². The largest absolute Gasteiger partial charge is 0.573 e. The molecule has 0 heterocycles. The first-order chi connectivity index (χ1) is 10.9. The van der Waals surface area contributed by atoms with Crippen molar-refractivity contribution in [2.75, 3.05) is 0 Å². The smallest absolute Gasteiger partial charge is 0.406 e. The van der Waals surface area contributed by atoms with Gasteiger partial charge in [0.15, 0.2) is 0 Å². The Morgan fingerprint density at radius 2 is 1.48 bits per heavy atom. The predicted octanol–water partition coefficient (Wildman–Crippen LogP) is 5.96. The molecule has 2 aromatic carbocycles. The summed E-state index contributed by atoms with van der Waals surface area (Å²) >= 11 is 0. The number of hydrogen-bond acceptors (Lipinski definition) is 1. The third kappa shape index (κ3) is 5.13. The molecule has 2 rings (SSSR count). The molecule has 0 atom stereocenters. The van der Waals surface area contributed by atoms with Crippen LogP contribution in [-0.2, 0) is 0 Å². The molecule has 0 spiro atoms. The SMILES string of the molecule is CCC/C=C(/c1ccc(F)cc1)c1ccc(OC(F)(F)F)cc1. The number of benzene rings is 2. The first-order valence-corrected chi connectivity index (χ1v) is 7.21. The van der Waals surface area contributed by atoms with Crippen LogP contribution in [-0.4, -0.2) is 6.36 Å². The minimum Gasteiger partial charge on any atom is -0.406 e. The van der Waals surface area contributed by atoms with Gasteiger partial charge in [-0.2, -0.15) is 0 Å². The first-order valence-electron chi connectivity index (χ1n) is 7.21. The predicted molar refractivity (Wildman–Crippen MR) is 81.5 cm³/mol. The fraction of sp³-hybridized carbons (Fsp3) is 0.222. The Hall–Kier alpha value is -2.30. The summed E-state index contributed by atoms with van der Waals surface area (Å²) in [6, 6.07) is 11.7. The molecule has 0 radical (unpaired) electrons. The zero-order valence-electron chi connectivity index (χ0n) is 12.5. The molecule has 0 aliphatic carbocycles. The first kappa shape index (κ1) is 17.1. The second kappa shape index (κ2) is 7.31. The van der Waals surface area contributed by atoms with E-state index in [1.165, 1.54) is 24.3 Å². The quantitative estimate of drug-likeness (QED) is 0.617. The number of alkyl halides is 3. The molecule has 2 aromatic rings. The minimum atomic E-state index is -4.71. The van der Waals surface area contributed by atoms with Gasteiger partial charge in [0.1, 0.15) is 11.6 Å². The average molecular weight is 324 g/mol. The third-order valence-electron chi connectivity index (χ3n) is 3.19. The lowest BCUT2D eigenvalue weighted by molar-refractivity contribution is -0.274. The van der Waals surface area contributed by atoms with Gasteiger partial charge in [-0.1, -0.05) is 43.7 Å². The lowest BCUT2D eigenvalue weighted by atomic mass is 9.96. The molecule has 0 aromatic heterocycles. The van der Waals surface area contributed by atoms with Gasteiger partial charge in [0.05, 0.1) is 0 Å². The molecular weight excluding hydrogens is 308 g/mol. The molecule has 0 amide bonds. The minimum absolute atomic E-state index is 0.268. The summed E-state index contributed by atoms with van der Waals surface area (Å²) in [7, 11) is 0. The highest BCUT2D eigenvalue weighted by Gasteiger charge is 2.30. The second-order valence-electron chi connectivity index (χ2n) is 4.99. The van der Waals surface area contributed by atoms with Gasteiger partial charge in [-0.15, -0.1) is 13.2 Å². The van der Waals surface area contributed by atoms with Crippen molar-refractivity contribution in [1.82, 2.24) is 0 Å². The fourth-order valence-corrected chi connectivity index (χ4v) is 2.16. The van der Waals surface area contributed by atoms with E-state index >= 15 is 0 Å². The van der Waals surface area contributed by atoms with Crippen molar-refractivity contribution in [3.05, 3.63) is 71.6 Å². The lowest BCUT2D eigenvalue weighted by Crippen LogP contribution is -2.17. The van der Waals surface area contributed by atoms with Gasteiger partial charge < -0.3 is 4.74 Å². The summed E-state index contributed by atoms with van der Waals surface area (Å²) in [6.07, 6.45) is -0.973. The van der Waals surface area contributed by atoms with Crippen LogP contribution < -0.4 is 4.74 Å². The van der Waals surface area contributed by atoms with E-state index in [4.69, 9.17) is 0 Å². The zero-order valence-corrected chi connectivity index (χ0v) is 12.5. The molecule has 1 nitrogen and oxygen atoms in total. The molecule has 0 unspecified atom stereocenters. The summed E-state index contributed by atoms with van der Waals surface area (Å²) in [5, 5.41) is 0. The number of ether oxygens (including phenoxy) is 1. The molecule has 23 heavy (non-hydrogen) atoms. The van der Waals surface area contributed by atoms with Crippen molar-refractivity contribution >= 4 is 5.57 Å². The molecular formula is C18H16F4O. The van der Waals surface area contributed by atoms with Crippen molar-refractivity contribution in [2.45, 2.75) is 26.1 Å². The molecule has 0 saturated heterocycles. The van der Waals surface area contributed by atoms with Gasteiger partial charge >= 0.3 is 6.36 Å². The van der Waals surface area contributed by atoms with Crippen LogP contribution >= 0.6 is 0 Å². The van der Waals surface area contributed by atoms with Crippen molar-refractivity contribution in [1.29, 1.82) is 0 Å². The maximum atomic E-state index is 13.1. The molecule has 0 N–H and O–H groups in total. The van der Waals surface area contributed by atoms with Crippen LogP contribution in [0.15, 0.2) is 54.6 Å². The highest BCUT2D eigenvalue weighted by molar-refractivity contribution is 5.79. The van der Waals surface area contributed by atoms with Crippen LogP contribution in [0, 0.1) is 5.82 Å². The van der Waals surface area contributed by atoms with Crippen LogP contribution in [0.4, 0.5) is 17.6 Å². The molecule has 0 saturated carbocycles. The Labute approximate surface area is 132 Å². The normalized spacial score (nSPS) is 12.3. The number of hydrogen-bond donors (Lipinski definition) is 0. The Morgan fingerprint density at radius 3 is 1.96 bits per heavy atom. The Kier molecular flexibility index (Phi) is 5.42. The number of unbranched alkanes of at least 4 members (excludes halogenated alkanes) is 1. The Morgan fingerprint density at radius 1 is 0.957 bits per heavy atom. The summed E-state index contributed by atoms with van der Waals surface area (Å²) in [6.45, 7) is 2.03. The summed E-state index contributed by atoms with van der Waals surface area (Å²) in [4.78, 5) is 0. The molecule has 122 valence electrons. The van der Waals surface area contributed by atoms with Gasteiger partial charge in [-0.05, 0) is 47.4 Å². The monoisotopic (exact) mass is 324 g/mol. The molecule has 0 bridgehead atoms. The highest BCUT2D eigenvalue weighted by atomic mass is 19.4. The number of allylic oxidation sites excluding steroid dienone is 1. The Bertz CT molecular complexity index is 655. The maximum Gasteiger partial charge on any atom is 0.573 e. The fourth-order valence-electron chi connectivity index (χ4n) is 2.16. The van der Waals surface area contributed by atoms with Gasteiger partial charge in [-0.3, -0.25) is 0 Å². The van der Waals surface area contributed by atoms with E-state index in [0.29, 0.717) is 0 Å². The van der Waals surface area contributed by atoms with E-state index < -0.39 is 6.36 Å². The van der Waals surface area contributed by atoms with E-state index in [0.717, 1.165) is 29.5 Å². The molecule has 0 aliphatic rings. The van der Waals surface area contributed by atoms with Crippen molar-refractivity contribution in [3.63, 3.8) is 0 Å². The van der Waals surface area contributed by atoms with E-state index in [9.17, 15) is 17.6 Å². The van der Waals surface area contributed by atoms with Crippen molar-refractivity contribution in [2.24, 2.45) is 0 Å². The lowest BCUT2D eigenvalue weighted by Gasteiger charge is -2.12. The van der Waals surface area contributed by atoms with E-state index in [-0.39, 0.29) is 11.6 Å². The summed E-state index contributed by atoms with van der Waals surface area (Å²) < 4.78 is 53.5. The molecule has 0 aliphatic heterocycles. The topological polar surface area (TPSA) is 9.23 Å². The van der Waals surface area contributed by atoms with Gasteiger partial charge in [0, 0.05) is 0 Å². The Balaban J connectivity index is 2.31. The highest BCUT2D eigenvalue weighted by Crippen LogP contribution is 2.28. The average Bonchev–Trinajstić information content (AvgIpc) is 2.49. The molecule has 5 heteroatoms. The number of rotatable bonds is 5. The molecule has 0 fully saturated rings. The third-order valence-corrected chi connectivity index (χ3v) is 3.19. The maximum absolute atomic E-state index is 13.1. The summed E-state index contributed by atoms with van der Waals surface area (Å²) in [5.74, 6) is -0.604. The number of halogens is 4. The van der Waals surface area contributed by atoms with E-state index in [1.807, 2.05) is 13.0 Å². The van der Waals surface area contributed by atoms with Crippen LogP contribution in [0.3, 0.4) is 0 Å². The van der Waals surface area contributed by atoms with Gasteiger partial charge in [0.25, 0.3) is 0 Å². The van der Waals surface area contributed by atoms with Crippen molar-refractivity contribution < 1.29 is 22.3 Å². The standard InChI is InChI=1S/C18H16F4O/c1-2-3-4-17(13-5-9-15(19)10-6-13)14-7-11-16(12-8-14)23-18(20,21)22/h4-12H,2-3H2,1H3/b17-4-. The van der Waals surface area contributed by atoms with Crippen molar-refractivity contribution in [3.8, 4) is 5.75 Å². The van der Waals surface area contributed by atoms with Crippen LogP contribution in [0.5, 0.6) is 5.75 Å².